The first-order chi connectivity index (χ1) is 30.3. The number of aromatic nitrogens is 2. The number of hydrogen-bond donors (Lipinski definition) is 2. The van der Waals surface area contributed by atoms with Crippen LogP contribution in [0.15, 0.2) is 42.7 Å². The fourth-order valence-electron chi connectivity index (χ4n) is 12.1. The lowest BCUT2D eigenvalue weighted by Crippen LogP contribution is -2.74. The zero-order valence-corrected chi connectivity index (χ0v) is 38.0. The number of fused-ring (bicyclic) bond motifs is 1. The van der Waals surface area contributed by atoms with Crippen LogP contribution in [0.1, 0.15) is 128 Å². The molecule has 3 saturated carbocycles. The molecule has 336 valence electrons. The highest BCUT2D eigenvalue weighted by molar-refractivity contribution is 6.23. The van der Waals surface area contributed by atoms with E-state index >= 15 is 0 Å². The molecule has 2 saturated heterocycles. The van der Waals surface area contributed by atoms with Gasteiger partial charge in [-0.25, -0.2) is 9.97 Å². The van der Waals surface area contributed by atoms with Crippen LogP contribution in [0.5, 0.6) is 11.5 Å². The quantitative estimate of drug-likeness (QED) is 0.218. The molecule has 15 heteroatoms. The second-order valence-corrected chi connectivity index (χ2v) is 20.8. The van der Waals surface area contributed by atoms with Crippen molar-refractivity contribution in [1.82, 2.24) is 30.4 Å². The molecule has 3 aromatic rings. The summed E-state index contributed by atoms with van der Waals surface area (Å²) in [7, 11) is 0. The number of carbonyl (C=O) groups is 5. The minimum absolute atomic E-state index is 0.00645. The third-order valence-corrected chi connectivity index (χ3v) is 15.1. The number of nitrogens with one attached hydrogen (secondary N) is 2. The van der Waals surface area contributed by atoms with E-state index < -0.39 is 29.7 Å². The summed E-state index contributed by atoms with van der Waals surface area (Å²) < 4.78 is 12.8. The monoisotopic (exact) mass is 870 g/mol. The van der Waals surface area contributed by atoms with Gasteiger partial charge in [0.25, 0.3) is 17.7 Å². The fourth-order valence-corrected chi connectivity index (χ4v) is 12.1. The van der Waals surface area contributed by atoms with Crippen LogP contribution in [0.3, 0.4) is 0 Å². The average molecular weight is 871 g/mol. The molecule has 9 rings (SSSR count). The van der Waals surface area contributed by atoms with Crippen molar-refractivity contribution in [2.75, 3.05) is 24.5 Å². The van der Waals surface area contributed by atoms with E-state index in [9.17, 15) is 29.2 Å². The van der Waals surface area contributed by atoms with Crippen LogP contribution in [0.25, 0.3) is 0 Å². The van der Waals surface area contributed by atoms with E-state index in [0.717, 1.165) is 72.9 Å². The number of piperidine rings is 1. The lowest BCUT2D eigenvalue weighted by Gasteiger charge is -2.63. The molecule has 1 atom stereocenters. The Hall–Kier alpha value is -5.88. The standard InChI is InChI=1S/C49H58N8O7/c1-26(2)56(30-15-33(16-30)63-31-9-10-34-35(17-31)44(62)57(43(34)61)38-11-12-40(58)53-42(38)60)23-29-18-49(19-29)24-55(25-49)39-22-51-37(21-52-39)41(59)54-45-47(5,6)46(48(45,7)8)64-32-13-27(3)36(20-50)28(4)14-32/h9-10,13-14,17,21-22,26,29-30,33,38,45-46H,11-12,15-16,18-19,23-25H2,1-8H3,(H,54,59)(H,53,58,60)/t30?,33?,38-,45?,46?/m1/s1. The van der Waals surface area contributed by atoms with Gasteiger partial charge in [-0.2, -0.15) is 5.26 Å². The van der Waals surface area contributed by atoms with Crippen molar-refractivity contribution in [2.24, 2.45) is 22.2 Å². The van der Waals surface area contributed by atoms with Crippen LogP contribution < -0.4 is 25.0 Å². The zero-order chi connectivity index (χ0) is 45.6. The molecule has 4 heterocycles. The molecule has 64 heavy (non-hydrogen) atoms. The maximum absolute atomic E-state index is 13.5. The van der Waals surface area contributed by atoms with Gasteiger partial charge in [0.2, 0.25) is 11.8 Å². The number of amides is 5. The van der Waals surface area contributed by atoms with Gasteiger partial charge in [-0.15, -0.1) is 0 Å². The predicted molar refractivity (Wildman–Crippen MR) is 236 cm³/mol. The number of anilines is 1. The second-order valence-electron chi connectivity index (χ2n) is 20.8. The number of rotatable bonds is 12. The van der Waals surface area contributed by atoms with Crippen molar-refractivity contribution in [2.45, 2.75) is 130 Å². The molecule has 5 amide bonds. The number of imide groups is 2. The molecule has 15 nitrogen and oxygen atoms in total. The highest BCUT2D eigenvalue weighted by Crippen LogP contribution is 2.56. The van der Waals surface area contributed by atoms with Crippen molar-refractivity contribution in [3.05, 3.63) is 76.2 Å². The molecule has 3 aliphatic heterocycles. The van der Waals surface area contributed by atoms with Gasteiger partial charge in [0.05, 0.1) is 35.2 Å². The number of hydrogen-bond acceptors (Lipinski definition) is 12. The number of benzene rings is 2. The third-order valence-electron chi connectivity index (χ3n) is 15.1. The summed E-state index contributed by atoms with van der Waals surface area (Å²) in [5, 5.41) is 14.9. The average Bonchev–Trinajstić information content (AvgIpc) is 3.43. The van der Waals surface area contributed by atoms with E-state index in [1.807, 2.05) is 26.0 Å². The van der Waals surface area contributed by atoms with Gasteiger partial charge in [0, 0.05) is 73.3 Å². The van der Waals surface area contributed by atoms with Crippen molar-refractivity contribution < 1.29 is 33.4 Å². The highest BCUT2D eigenvalue weighted by atomic mass is 16.5. The minimum atomic E-state index is -1.00. The second kappa shape index (κ2) is 15.7. The van der Waals surface area contributed by atoms with Crippen LogP contribution >= 0.6 is 0 Å². The molecule has 0 bridgehead atoms. The molecule has 6 aliphatic rings. The number of nitrogens with zero attached hydrogens (tertiary/aromatic N) is 6. The normalized spacial score (nSPS) is 26.4. The van der Waals surface area contributed by atoms with E-state index in [-0.39, 0.29) is 70.1 Å². The SMILES string of the molecule is Cc1cc(OC2C(C)(C)C(NC(=O)c3cnc(N4CC5(CC(CN(C(C)C)C6CC(Oc7ccc8c(c7)C(=O)N([C@@H]7CCC(=O)NC7=O)C8=O)C6)C5)C4)cn3)C2(C)C)cc(C)c1C#N. The number of ether oxygens (including phenoxy) is 2. The summed E-state index contributed by atoms with van der Waals surface area (Å²) in [6.45, 7) is 19.6. The van der Waals surface area contributed by atoms with E-state index in [4.69, 9.17) is 9.47 Å². The maximum Gasteiger partial charge on any atom is 0.271 e. The summed E-state index contributed by atoms with van der Waals surface area (Å²) in [5.41, 5.74) is 2.74. The van der Waals surface area contributed by atoms with Crippen molar-refractivity contribution in [3.8, 4) is 17.6 Å². The first-order valence-corrected chi connectivity index (χ1v) is 22.6. The van der Waals surface area contributed by atoms with E-state index in [2.05, 4.69) is 78.0 Å². The Bertz CT molecular complexity index is 2430. The first kappa shape index (κ1) is 43.4. The van der Waals surface area contributed by atoms with E-state index in [1.165, 1.54) is 0 Å². The number of carbonyl (C=O) groups excluding carboxylic acids is 5. The van der Waals surface area contributed by atoms with Gasteiger partial charge < -0.3 is 19.7 Å². The predicted octanol–water partition coefficient (Wildman–Crippen LogP) is 5.52. The first-order valence-electron chi connectivity index (χ1n) is 22.6. The van der Waals surface area contributed by atoms with Gasteiger partial charge in [0.1, 0.15) is 41.3 Å². The topological polar surface area (TPSA) is 187 Å². The Morgan fingerprint density at radius 3 is 2.22 bits per heavy atom. The van der Waals surface area contributed by atoms with Gasteiger partial charge in [0.15, 0.2) is 0 Å². The lowest BCUT2D eigenvalue weighted by atomic mass is 9.49. The number of nitriles is 1. The molecule has 1 spiro atoms. The van der Waals surface area contributed by atoms with Crippen LogP contribution in [0.4, 0.5) is 5.82 Å². The van der Waals surface area contributed by atoms with Crippen LogP contribution in [0.2, 0.25) is 0 Å². The Morgan fingerprint density at radius 2 is 1.61 bits per heavy atom. The van der Waals surface area contributed by atoms with Gasteiger partial charge in [-0.05, 0) is 94.3 Å². The van der Waals surface area contributed by atoms with Crippen LogP contribution in [0, 0.1) is 47.3 Å². The summed E-state index contributed by atoms with van der Waals surface area (Å²) >= 11 is 0. The van der Waals surface area contributed by atoms with Crippen molar-refractivity contribution >= 4 is 35.4 Å². The molecule has 2 N–H and O–H groups in total. The Morgan fingerprint density at radius 1 is 0.938 bits per heavy atom. The molecule has 5 fully saturated rings. The summed E-state index contributed by atoms with van der Waals surface area (Å²) in [6, 6.07) is 10.6. The zero-order valence-electron chi connectivity index (χ0n) is 38.0. The summed E-state index contributed by atoms with van der Waals surface area (Å²) in [6.07, 6.45) is 7.37. The smallest absolute Gasteiger partial charge is 0.271 e. The molecule has 2 aromatic carbocycles. The largest absolute Gasteiger partial charge is 0.490 e. The third kappa shape index (κ3) is 7.37. The molecule has 0 unspecified atom stereocenters. The van der Waals surface area contributed by atoms with Crippen LogP contribution in [-0.4, -0.2) is 105 Å². The summed E-state index contributed by atoms with van der Waals surface area (Å²) in [5.74, 6) is 0.286. The fraction of sp³-hybridized carbons (Fsp3) is 0.551. The highest BCUT2D eigenvalue weighted by Gasteiger charge is 2.64. The molecule has 3 aliphatic carbocycles. The molecular formula is C49H58N8O7. The van der Waals surface area contributed by atoms with Crippen molar-refractivity contribution in [1.29, 1.82) is 5.26 Å². The Balaban J connectivity index is 0.722. The summed E-state index contributed by atoms with van der Waals surface area (Å²) in [4.78, 5) is 79.0. The number of aryl methyl sites for hydroxylation is 2. The van der Waals surface area contributed by atoms with Crippen molar-refractivity contribution in [3.63, 3.8) is 0 Å². The lowest BCUT2D eigenvalue weighted by molar-refractivity contribution is -0.164. The van der Waals surface area contributed by atoms with E-state index in [0.29, 0.717) is 29.3 Å². The maximum atomic E-state index is 13.5. The Kier molecular flexibility index (Phi) is 10.6. The molecular weight excluding hydrogens is 813 g/mol. The molecule has 1 aromatic heterocycles. The van der Waals surface area contributed by atoms with Gasteiger partial charge in [-0.1, -0.05) is 27.7 Å². The van der Waals surface area contributed by atoms with Gasteiger partial charge in [-0.3, -0.25) is 39.1 Å². The van der Waals surface area contributed by atoms with Gasteiger partial charge >= 0.3 is 0 Å². The Labute approximate surface area is 374 Å². The minimum Gasteiger partial charge on any atom is -0.490 e. The molecule has 0 radical (unpaired) electrons. The van der Waals surface area contributed by atoms with E-state index in [1.54, 1.807) is 30.6 Å². The van der Waals surface area contributed by atoms with Crippen LogP contribution in [-0.2, 0) is 9.59 Å².